The third-order valence-electron chi connectivity index (χ3n) is 8.78. The Morgan fingerprint density at radius 2 is 1.38 bits per heavy atom. The van der Waals surface area contributed by atoms with E-state index in [0.717, 1.165) is 62.0 Å². The SMILES string of the molecule is CC(C)(C)c1ccc(N2c3ccc(-c4ccc5cccc(O)c5n4)[c-]c3N(c3cc(-c4ccccc4)ccn3)c3ccccc32)cc1.[Pt]. The zero-order chi connectivity index (χ0) is 32.1. The van der Waals surface area contributed by atoms with Gasteiger partial charge in [0, 0.05) is 38.3 Å². The fourth-order valence-corrected chi connectivity index (χ4v) is 6.33. The Labute approximate surface area is 295 Å². The molecule has 238 valence electrons. The number of pyridine rings is 2. The van der Waals surface area contributed by atoms with Gasteiger partial charge in [0.2, 0.25) is 0 Å². The van der Waals surface area contributed by atoms with Crippen molar-refractivity contribution in [3.05, 3.63) is 151 Å². The number of phenols is 1. The van der Waals surface area contributed by atoms with Gasteiger partial charge in [0.15, 0.2) is 0 Å². The maximum absolute atomic E-state index is 10.6. The van der Waals surface area contributed by atoms with E-state index in [-0.39, 0.29) is 32.2 Å². The van der Waals surface area contributed by atoms with E-state index in [1.165, 1.54) is 5.56 Å². The number of anilines is 6. The molecule has 1 aliphatic rings. The summed E-state index contributed by atoms with van der Waals surface area (Å²) < 4.78 is 0. The van der Waals surface area contributed by atoms with Crippen molar-refractivity contribution in [2.75, 3.05) is 9.80 Å². The van der Waals surface area contributed by atoms with Gasteiger partial charge in [0.25, 0.3) is 0 Å². The van der Waals surface area contributed by atoms with E-state index < -0.39 is 0 Å². The number of para-hydroxylation sites is 3. The Morgan fingerprint density at radius 3 is 2.12 bits per heavy atom. The fourth-order valence-electron chi connectivity index (χ4n) is 6.33. The summed E-state index contributed by atoms with van der Waals surface area (Å²) in [5.41, 5.74) is 10.6. The summed E-state index contributed by atoms with van der Waals surface area (Å²) in [4.78, 5) is 14.3. The van der Waals surface area contributed by atoms with Crippen LogP contribution in [0.4, 0.5) is 34.3 Å². The average Bonchev–Trinajstić information content (AvgIpc) is 3.10. The van der Waals surface area contributed by atoms with E-state index in [2.05, 4.69) is 128 Å². The molecule has 3 heterocycles. The van der Waals surface area contributed by atoms with Gasteiger partial charge in [0.05, 0.1) is 11.4 Å². The Hall–Kier alpha value is -5.25. The molecule has 2 aromatic heterocycles. The minimum absolute atomic E-state index is 0. The van der Waals surface area contributed by atoms with E-state index in [4.69, 9.17) is 9.97 Å². The van der Waals surface area contributed by atoms with Crippen LogP contribution in [-0.2, 0) is 26.5 Å². The molecule has 0 atom stereocenters. The predicted octanol–water partition coefficient (Wildman–Crippen LogP) is 11.0. The van der Waals surface area contributed by atoms with Gasteiger partial charge in [-0.1, -0.05) is 99.6 Å². The molecular formula is C42H33N4OPt-. The quantitative estimate of drug-likeness (QED) is 0.180. The van der Waals surface area contributed by atoms with E-state index in [0.29, 0.717) is 5.52 Å². The molecule has 1 N–H and O–H groups in total. The molecule has 0 saturated heterocycles. The Bertz CT molecular complexity index is 2260. The summed E-state index contributed by atoms with van der Waals surface area (Å²) in [6, 6.07) is 49.2. The molecule has 5 aromatic carbocycles. The number of phenolic OH excluding ortho intramolecular Hbond substituents is 1. The molecule has 6 heteroatoms. The third kappa shape index (κ3) is 5.55. The van der Waals surface area contributed by atoms with Crippen molar-refractivity contribution in [2.24, 2.45) is 0 Å². The number of hydrogen-bond donors (Lipinski definition) is 1. The molecule has 0 fully saturated rings. The monoisotopic (exact) mass is 804 g/mol. The topological polar surface area (TPSA) is 52.5 Å². The molecule has 5 nitrogen and oxygen atoms in total. The number of aromatic hydroxyl groups is 1. The first-order valence-electron chi connectivity index (χ1n) is 15.8. The van der Waals surface area contributed by atoms with Crippen LogP contribution in [0.5, 0.6) is 5.75 Å². The molecule has 8 rings (SSSR count). The van der Waals surface area contributed by atoms with Gasteiger partial charge in [-0.3, -0.25) is 4.98 Å². The molecule has 0 spiro atoms. The molecule has 0 bridgehead atoms. The smallest absolute Gasteiger partial charge is 0.140 e. The minimum Gasteiger partial charge on any atom is -0.506 e. The summed E-state index contributed by atoms with van der Waals surface area (Å²) >= 11 is 0. The van der Waals surface area contributed by atoms with Crippen molar-refractivity contribution in [3.63, 3.8) is 0 Å². The summed E-state index contributed by atoms with van der Waals surface area (Å²) in [5.74, 6) is 0.949. The number of benzene rings is 5. The standard InChI is InChI=1S/C42H33N4O.Pt/c1-42(2,3)32-18-20-33(21-19-32)45-35-13-7-8-14-36(35)46(40-27-30(24-25-43-40)28-10-5-4-6-11-28)38-26-31(17-23-37(38)45)34-22-16-29-12-9-15-39(47)41(29)44-34;/h4-25,27,47H,1-3H3;/q-1;. The molecule has 0 amide bonds. The van der Waals surface area contributed by atoms with Gasteiger partial charge in [-0.15, -0.1) is 23.8 Å². The first-order valence-corrected chi connectivity index (χ1v) is 15.8. The number of fused-ring (bicyclic) bond motifs is 3. The van der Waals surface area contributed by atoms with Gasteiger partial charge < -0.3 is 14.9 Å². The van der Waals surface area contributed by atoms with Crippen molar-refractivity contribution in [1.82, 2.24) is 9.97 Å². The normalized spacial score (nSPS) is 12.3. The Balaban J connectivity index is 0.00000364. The van der Waals surface area contributed by atoms with Crippen LogP contribution in [0.25, 0.3) is 33.3 Å². The van der Waals surface area contributed by atoms with Crippen LogP contribution < -0.4 is 9.80 Å². The maximum atomic E-state index is 10.6. The number of aromatic nitrogens is 2. The number of nitrogens with zero attached hydrogens (tertiary/aromatic N) is 4. The molecule has 0 unspecified atom stereocenters. The van der Waals surface area contributed by atoms with Crippen molar-refractivity contribution >= 4 is 45.2 Å². The summed E-state index contributed by atoms with van der Waals surface area (Å²) in [6.45, 7) is 6.71. The average molecular weight is 805 g/mol. The predicted molar refractivity (Wildman–Crippen MR) is 193 cm³/mol. The van der Waals surface area contributed by atoms with Crippen LogP contribution in [0.2, 0.25) is 0 Å². The molecule has 7 aromatic rings. The van der Waals surface area contributed by atoms with Gasteiger partial charge in [-0.25, -0.2) is 4.98 Å². The van der Waals surface area contributed by atoms with Crippen molar-refractivity contribution in [3.8, 4) is 28.1 Å². The van der Waals surface area contributed by atoms with E-state index >= 15 is 0 Å². The van der Waals surface area contributed by atoms with Crippen LogP contribution in [0.1, 0.15) is 26.3 Å². The largest absolute Gasteiger partial charge is 0.506 e. The van der Waals surface area contributed by atoms with Crippen LogP contribution in [0.15, 0.2) is 140 Å². The first kappa shape index (κ1) is 31.4. The second-order valence-electron chi connectivity index (χ2n) is 12.9. The Morgan fingerprint density at radius 1 is 0.646 bits per heavy atom. The zero-order valence-electron chi connectivity index (χ0n) is 26.8. The van der Waals surface area contributed by atoms with Crippen molar-refractivity contribution < 1.29 is 26.2 Å². The Kier molecular flexibility index (Phi) is 8.10. The van der Waals surface area contributed by atoms with E-state index in [1.807, 2.05) is 42.6 Å². The van der Waals surface area contributed by atoms with Crippen molar-refractivity contribution in [2.45, 2.75) is 26.2 Å². The third-order valence-corrected chi connectivity index (χ3v) is 8.78. The van der Waals surface area contributed by atoms with Gasteiger partial charge >= 0.3 is 0 Å². The number of hydrogen-bond acceptors (Lipinski definition) is 5. The summed E-state index contributed by atoms with van der Waals surface area (Å²) in [6.07, 6.45) is 1.87. The second kappa shape index (κ2) is 12.4. The van der Waals surface area contributed by atoms with Crippen LogP contribution in [-0.4, -0.2) is 15.1 Å². The van der Waals surface area contributed by atoms with Crippen LogP contribution >= 0.6 is 0 Å². The second-order valence-corrected chi connectivity index (χ2v) is 12.9. The molecule has 0 radical (unpaired) electrons. The summed E-state index contributed by atoms with van der Waals surface area (Å²) in [7, 11) is 0. The van der Waals surface area contributed by atoms with Gasteiger partial charge in [-0.05, 0) is 81.6 Å². The van der Waals surface area contributed by atoms with E-state index in [1.54, 1.807) is 6.07 Å². The first-order chi connectivity index (χ1) is 22.8. The van der Waals surface area contributed by atoms with Crippen LogP contribution in [0.3, 0.4) is 0 Å². The molecule has 1 aliphatic heterocycles. The molecule has 0 aliphatic carbocycles. The van der Waals surface area contributed by atoms with Crippen LogP contribution in [0, 0.1) is 6.07 Å². The number of rotatable bonds is 4. The van der Waals surface area contributed by atoms with E-state index in [9.17, 15) is 5.11 Å². The van der Waals surface area contributed by atoms with Crippen molar-refractivity contribution in [1.29, 1.82) is 0 Å². The molecule has 48 heavy (non-hydrogen) atoms. The molecular weight excluding hydrogens is 772 g/mol. The maximum Gasteiger partial charge on any atom is 0.140 e. The van der Waals surface area contributed by atoms with Gasteiger partial charge in [0.1, 0.15) is 17.1 Å². The minimum atomic E-state index is 0. The summed E-state index contributed by atoms with van der Waals surface area (Å²) in [5, 5.41) is 11.5. The zero-order valence-corrected chi connectivity index (χ0v) is 29.1. The van der Waals surface area contributed by atoms with Gasteiger partial charge in [-0.2, -0.15) is 0 Å². The fraction of sp³-hybridized carbons (Fsp3) is 0.0952. The molecule has 0 saturated carbocycles.